The van der Waals surface area contributed by atoms with E-state index in [2.05, 4.69) is 43.5 Å². The summed E-state index contributed by atoms with van der Waals surface area (Å²) in [5.41, 5.74) is 0. The van der Waals surface area contributed by atoms with Gasteiger partial charge in [-0.1, -0.05) is 192 Å². The molecular weight excluding hydrogens is 759 g/mol. The predicted molar refractivity (Wildman–Crippen MR) is 246 cm³/mol. The van der Waals surface area contributed by atoms with Crippen molar-refractivity contribution in [2.45, 2.75) is 262 Å². The zero-order chi connectivity index (χ0) is 43.9. The fourth-order valence-electron chi connectivity index (χ4n) is 7.70. The third-order valence-corrected chi connectivity index (χ3v) is 11.8. The van der Waals surface area contributed by atoms with Crippen molar-refractivity contribution in [1.82, 2.24) is 5.32 Å². The molecule has 1 saturated heterocycles. The molecule has 1 rings (SSSR count). The number of amides is 1. The Balaban J connectivity index is 2.32. The molecule has 0 aromatic carbocycles. The number of carbonyl (C=O) groups is 1. The van der Waals surface area contributed by atoms with Crippen molar-refractivity contribution >= 4 is 5.91 Å². The first-order valence-electron chi connectivity index (χ1n) is 24.8. The first-order chi connectivity index (χ1) is 29.3. The van der Waals surface area contributed by atoms with Crippen LogP contribution in [0.4, 0.5) is 0 Å². The quantitative estimate of drug-likeness (QED) is 0.0234. The summed E-state index contributed by atoms with van der Waals surface area (Å²) < 4.78 is 11.1. The molecule has 8 unspecified atom stereocenters. The van der Waals surface area contributed by atoms with Gasteiger partial charge in [-0.2, -0.15) is 0 Å². The molecule has 0 aromatic rings. The maximum absolute atomic E-state index is 13.0. The van der Waals surface area contributed by atoms with Gasteiger partial charge in [0, 0.05) is 0 Å². The topological polar surface area (TPSA) is 169 Å². The van der Waals surface area contributed by atoms with E-state index in [-0.39, 0.29) is 6.61 Å². The first-order valence-corrected chi connectivity index (χ1v) is 24.8. The minimum absolute atomic E-state index is 0.299. The van der Waals surface area contributed by atoms with Gasteiger partial charge in [-0.15, -0.1) is 0 Å². The molecule has 0 bridgehead atoms. The highest BCUT2D eigenvalue weighted by molar-refractivity contribution is 5.80. The number of aliphatic hydroxyl groups excluding tert-OH is 6. The smallest absolute Gasteiger partial charge is 0.249 e. The lowest BCUT2D eigenvalue weighted by Crippen LogP contribution is -2.60. The summed E-state index contributed by atoms with van der Waals surface area (Å²) in [6.45, 7) is 3.57. The standard InChI is InChI=1S/C50H93NO9/c1-3-5-7-9-11-13-15-17-18-19-20-21-22-23-24-25-26-27-29-31-33-35-37-39-44(54)49(58)51-42(41-59-50-48(57)47(56)46(55)45(40-52)60-50)43(53)38-36-34-32-30-28-16-14-12-10-8-6-4-2/h23-24,28,30,36,38,42-48,50,52-57H,3-22,25-27,29,31-35,37,39-41H2,1-2H3,(H,51,58)/b24-23-,30-28+,38-36+. The summed E-state index contributed by atoms with van der Waals surface area (Å²) in [6.07, 6.45) is 39.6. The highest BCUT2D eigenvalue weighted by atomic mass is 16.7. The molecule has 0 spiro atoms. The van der Waals surface area contributed by atoms with E-state index in [0.29, 0.717) is 19.3 Å². The Morgan fingerprint density at radius 3 is 1.45 bits per heavy atom. The highest BCUT2D eigenvalue weighted by Gasteiger charge is 2.44. The van der Waals surface area contributed by atoms with Gasteiger partial charge in [0.1, 0.15) is 30.5 Å². The fraction of sp³-hybridized carbons (Fsp3) is 0.860. The maximum atomic E-state index is 13.0. The van der Waals surface area contributed by atoms with E-state index in [1.165, 1.54) is 141 Å². The van der Waals surface area contributed by atoms with E-state index >= 15 is 0 Å². The van der Waals surface area contributed by atoms with Crippen LogP contribution in [0.1, 0.15) is 213 Å². The van der Waals surface area contributed by atoms with Crippen molar-refractivity contribution in [3.8, 4) is 0 Å². The minimum atomic E-state index is -1.62. The largest absolute Gasteiger partial charge is 0.394 e. The third kappa shape index (κ3) is 29.6. The van der Waals surface area contributed by atoms with Crippen LogP contribution in [-0.4, -0.2) is 98.7 Å². The molecular formula is C50H93NO9. The van der Waals surface area contributed by atoms with Crippen molar-refractivity contribution in [2.75, 3.05) is 13.2 Å². The molecule has 10 heteroatoms. The average Bonchev–Trinajstić information content (AvgIpc) is 3.25. The lowest BCUT2D eigenvalue weighted by molar-refractivity contribution is -0.302. The van der Waals surface area contributed by atoms with Crippen LogP contribution in [0.3, 0.4) is 0 Å². The zero-order valence-electron chi connectivity index (χ0n) is 38.3. The van der Waals surface area contributed by atoms with Crippen LogP contribution in [0.25, 0.3) is 0 Å². The van der Waals surface area contributed by atoms with E-state index in [1.54, 1.807) is 6.08 Å². The summed E-state index contributed by atoms with van der Waals surface area (Å²) in [7, 11) is 0. The Bertz CT molecular complexity index is 1050. The molecule has 60 heavy (non-hydrogen) atoms. The highest BCUT2D eigenvalue weighted by Crippen LogP contribution is 2.23. The number of carbonyl (C=O) groups excluding carboxylic acids is 1. The van der Waals surface area contributed by atoms with Crippen molar-refractivity contribution in [1.29, 1.82) is 0 Å². The number of aliphatic hydroxyl groups is 6. The molecule has 10 nitrogen and oxygen atoms in total. The van der Waals surface area contributed by atoms with Crippen molar-refractivity contribution < 1.29 is 44.9 Å². The molecule has 0 radical (unpaired) electrons. The Hall–Kier alpha value is -1.63. The summed E-state index contributed by atoms with van der Waals surface area (Å²) in [5, 5.41) is 64.6. The van der Waals surface area contributed by atoms with Crippen LogP contribution in [0.15, 0.2) is 36.5 Å². The molecule has 352 valence electrons. The van der Waals surface area contributed by atoms with Crippen LogP contribution >= 0.6 is 0 Å². The van der Waals surface area contributed by atoms with E-state index in [4.69, 9.17) is 9.47 Å². The van der Waals surface area contributed by atoms with Crippen LogP contribution in [0, 0.1) is 0 Å². The van der Waals surface area contributed by atoms with Gasteiger partial charge in [-0.05, 0) is 57.8 Å². The summed E-state index contributed by atoms with van der Waals surface area (Å²) in [5.74, 6) is -0.630. The second-order valence-electron chi connectivity index (χ2n) is 17.4. The number of allylic oxidation sites excluding steroid dienone is 5. The summed E-state index contributed by atoms with van der Waals surface area (Å²) >= 11 is 0. The van der Waals surface area contributed by atoms with Gasteiger partial charge in [0.25, 0.3) is 0 Å². The van der Waals surface area contributed by atoms with Gasteiger partial charge in [0.2, 0.25) is 5.91 Å². The fourth-order valence-corrected chi connectivity index (χ4v) is 7.70. The molecule has 1 fully saturated rings. The van der Waals surface area contributed by atoms with E-state index in [9.17, 15) is 35.4 Å². The Morgan fingerprint density at radius 1 is 0.567 bits per heavy atom. The lowest BCUT2D eigenvalue weighted by atomic mass is 9.99. The van der Waals surface area contributed by atoms with Gasteiger partial charge >= 0.3 is 0 Å². The van der Waals surface area contributed by atoms with Gasteiger partial charge in [0.15, 0.2) is 6.29 Å². The molecule has 1 aliphatic rings. The van der Waals surface area contributed by atoms with Crippen LogP contribution in [0.5, 0.6) is 0 Å². The van der Waals surface area contributed by atoms with E-state index in [1.807, 2.05) is 6.08 Å². The van der Waals surface area contributed by atoms with Gasteiger partial charge in [0.05, 0.1) is 25.4 Å². The Kier molecular flexibility index (Phi) is 37.7. The third-order valence-electron chi connectivity index (χ3n) is 11.8. The zero-order valence-corrected chi connectivity index (χ0v) is 38.3. The van der Waals surface area contributed by atoms with E-state index in [0.717, 1.165) is 38.5 Å². The minimum Gasteiger partial charge on any atom is -0.394 e. The predicted octanol–water partition coefficient (Wildman–Crippen LogP) is 9.81. The molecule has 0 aliphatic carbocycles. The SMILES string of the molecule is CCCCCCCC/C=C/CC/C=C/C(O)C(COC1OC(CO)C(O)C(O)C1O)NC(=O)C(O)CCCCCCCCC/C=C\CCCCCCCCCCCCCC. The van der Waals surface area contributed by atoms with Crippen LogP contribution in [-0.2, 0) is 14.3 Å². The molecule has 0 saturated carbocycles. The number of rotatable bonds is 41. The van der Waals surface area contributed by atoms with Gasteiger partial charge in [-0.3, -0.25) is 4.79 Å². The Morgan fingerprint density at radius 2 is 0.983 bits per heavy atom. The number of hydrogen-bond acceptors (Lipinski definition) is 9. The van der Waals surface area contributed by atoms with Gasteiger partial charge in [-0.25, -0.2) is 0 Å². The molecule has 1 heterocycles. The van der Waals surface area contributed by atoms with E-state index < -0.39 is 61.5 Å². The lowest BCUT2D eigenvalue weighted by Gasteiger charge is -2.40. The monoisotopic (exact) mass is 852 g/mol. The average molecular weight is 852 g/mol. The normalized spacial score (nSPS) is 21.4. The molecule has 1 amide bonds. The van der Waals surface area contributed by atoms with Crippen molar-refractivity contribution in [3.05, 3.63) is 36.5 Å². The number of nitrogens with one attached hydrogen (secondary N) is 1. The first kappa shape index (κ1) is 56.4. The maximum Gasteiger partial charge on any atom is 0.249 e. The molecule has 8 atom stereocenters. The molecule has 7 N–H and O–H groups in total. The van der Waals surface area contributed by atoms with Crippen LogP contribution < -0.4 is 5.32 Å². The second kappa shape index (κ2) is 40.2. The van der Waals surface area contributed by atoms with Gasteiger partial charge < -0.3 is 45.4 Å². The number of ether oxygens (including phenoxy) is 2. The van der Waals surface area contributed by atoms with Crippen LogP contribution in [0.2, 0.25) is 0 Å². The number of unbranched alkanes of at least 4 members (excludes halogenated alkanes) is 26. The summed E-state index contributed by atoms with van der Waals surface area (Å²) in [6, 6.07) is -0.997. The Labute approximate surface area is 366 Å². The second-order valence-corrected chi connectivity index (χ2v) is 17.4. The van der Waals surface area contributed by atoms with Crippen molar-refractivity contribution in [2.24, 2.45) is 0 Å². The van der Waals surface area contributed by atoms with Crippen molar-refractivity contribution in [3.63, 3.8) is 0 Å². The molecule has 0 aromatic heterocycles. The molecule has 1 aliphatic heterocycles. The summed E-state index contributed by atoms with van der Waals surface area (Å²) in [4.78, 5) is 13.0. The number of hydrogen-bond donors (Lipinski definition) is 7.